The first-order valence-electron chi connectivity index (χ1n) is 13.8. The van der Waals surface area contributed by atoms with Crippen LogP contribution in [0.3, 0.4) is 0 Å². The van der Waals surface area contributed by atoms with Crippen molar-refractivity contribution in [1.82, 2.24) is 9.88 Å². The number of amides is 3. The number of piperidine rings is 1. The maximum absolute atomic E-state index is 13.6. The Morgan fingerprint density at radius 1 is 0.884 bits per heavy atom. The van der Waals surface area contributed by atoms with Crippen molar-refractivity contribution in [3.05, 3.63) is 76.9 Å². The highest BCUT2D eigenvalue weighted by atomic mass is 35.5. The van der Waals surface area contributed by atoms with Gasteiger partial charge in [0, 0.05) is 57.0 Å². The van der Waals surface area contributed by atoms with Crippen LogP contribution in [-0.2, 0) is 4.79 Å². The van der Waals surface area contributed by atoms with Gasteiger partial charge in [0.15, 0.2) is 0 Å². The Kier molecular flexibility index (Phi) is 9.05. The normalized spacial score (nSPS) is 15.7. The smallest absolute Gasteiger partial charge is 0.471 e. The Morgan fingerprint density at radius 3 is 2.26 bits per heavy atom. The molecule has 226 valence electrons. The highest BCUT2D eigenvalue weighted by Gasteiger charge is 2.43. The fraction of sp³-hybridized carbons (Fsp3) is 0.333. The van der Waals surface area contributed by atoms with Crippen molar-refractivity contribution in [1.29, 1.82) is 0 Å². The first-order valence-corrected chi connectivity index (χ1v) is 14.2. The van der Waals surface area contributed by atoms with Crippen molar-refractivity contribution < 1.29 is 32.3 Å². The summed E-state index contributed by atoms with van der Waals surface area (Å²) in [4.78, 5) is 45.3. The Morgan fingerprint density at radius 2 is 1.58 bits per heavy atom. The van der Waals surface area contributed by atoms with Crippen molar-refractivity contribution >= 4 is 46.5 Å². The SMILES string of the molecule is O=C(Nc1ccc(Cl)cn1)c1ccccc1NC(=O)c1ccc(N2CCCC2)cc1OC1CCN(C(=O)C(F)(F)F)CC1. The minimum atomic E-state index is -4.93. The molecule has 2 aromatic carbocycles. The second-order valence-corrected chi connectivity index (χ2v) is 10.7. The molecule has 2 saturated heterocycles. The molecule has 0 radical (unpaired) electrons. The van der Waals surface area contributed by atoms with Gasteiger partial charge >= 0.3 is 12.1 Å². The van der Waals surface area contributed by atoms with Gasteiger partial charge in [0.25, 0.3) is 11.8 Å². The van der Waals surface area contributed by atoms with Crippen molar-refractivity contribution in [3.8, 4) is 5.75 Å². The number of benzene rings is 2. The highest BCUT2D eigenvalue weighted by Crippen LogP contribution is 2.32. The van der Waals surface area contributed by atoms with Crippen LogP contribution in [0.1, 0.15) is 46.4 Å². The number of likely N-dealkylation sites (tertiary alicyclic amines) is 1. The van der Waals surface area contributed by atoms with Gasteiger partial charge in [-0.05, 0) is 49.2 Å². The van der Waals surface area contributed by atoms with E-state index in [2.05, 4.69) is 20.5 Å². The van der Waals surface area contributed by atoms with E-state index in [1.54, 1.807) is 48.5 Å². The summed E-state index contributed by atoms with van der Waals surface area (Å²) in [7, 11) is 0. The van der Waals surface area contributed by atoms with Gasteiger partial charge in [0.05, 0.1) is 21.8 Å². The summed E-state index contributed by atoms with van der Waals surface area (Å²) in [6.45, 7) is 1.49. The molecular weight excluding hydrogens is 587 g/mol. The molecule has 2 N–H and O–H groups in total. The molecule has 2 aliphatic heterocycles. The van der Waals surface area contributed by atoms with E-state index in [1.807, 2.05) is 6.07 Å². The number of carbonyl (C=O) groups excluding carboxylic acids is 3. The van der Waals surface area contributed by atoms with Gasteiger partial charge in [0.2, 0.25) is 0 Å². The molecule has 3 amide bonds. The maximum atomic E-state index is 13.6. The number of halogens is 4. The van der Waals surface area contributed by atoms with Gasteiger partial charge in [-0.25, -0.2) is 4.98 Å². The highest BCUT2D eigenvalue weighted by molar-refractivity contribution is 6.30. The van der Waals surface area contributed by atoms with Crippen LogP contribution in [0.5, 0.6) is 5.75 Å². The first-order chi connectivity index (χ1) is 20.6. The lowest BCUT2D eigenvalue weighted by atomic mass is 10.1. The quantitative estimate of drug-likeness (QED) is 0.350. The van der Waals surface area contributed by atoms with Crippen molar-refractivity contribution in [2.45, 2.75) is 38.0 Å². The minimum Gasteiger partial charge on any atom is -0.489 e. The molecule has 2 fully saturated rings. The number of rotatable bonds is 7. The van der Waals surface area contributed by atoms with E-state index in [-0.39, 0.29) is 54.3 Å². The van der Waals surface area contributed by atoms with Crippen LogP contribution in [0.25, 0.3) is 0 Å². The van der Waals surface area contributed by atoms with Crippen LogP contribution in [0.15, 0.2) is 60.8 Å². The summed E-state index contributed by atoms with van der Waals surface area (Å²) in [5, 5.41) is 5.89. The summed E-state index contributed by atoms with van der Waals surface area (Å²) in [6.07, 6.45) is -1.60. The van der Waals surface area contributed by atoms with E-state index >= 15 is 0 Å². The summed E-state index contributed by atoms with van der Waals surface area (Å²) in [6, 6.07) is 14.9. The number of pyridine rings is 1. The molecule has 0 unspecified atom stereocenters. The predicted octanol–water partition coefficient (Wildman–Crippen LogP) is 5.77. The fourth-order valence-corrected chi connectivity index (χ4v) is 5.23. The van der Waals surface area contributed by atoms with Gasteiger partial charge < -0.3 is 25.2 Å². The number of nitrogens with one attached hydrogen (secondary N) is 2. The second-order valence-electron chi connectivity index (χ2n) is 10.3. The van der Waals surface area contributed by atoms with E-state index in [1.165, 1.54) is 6.20 Å². The van der Waals surface area contributed by atoms with Gasteiger partial charge in [-0.15, -0.1) is 0 Å². The first kappa shape index (κ1) is 30.1. The molecule has 0 saturated carbocycles. The van der Waals surface area contributed by atoms with Gasteiger partial charge in [0.1, 0.15) is 17.7 Å². The van der Waals surface area contributed by atoms with Crippen molar-refractivity contribution in [3.63, 3.8) is 0 Å². The number of aromatic nitrogens is 1. The number of carbonyl (C=O) groups is 3. The zero-order valence-corrected chi connectivity index (χ0v) is 23.8. The van der Waals surface area contributed by atoms with Crippen LogP contribution < -0.4 is 20.3 Å². The molecule has 3 heterocycles. The van der Waals surface area contributed by atoms with Crippen LogP contribution in [0.2, 0.25) is 5.02 Å². The van der Waals surface area contributed by atoms with Crippen LogP contribution in [0.4, 0.5) is 30.4 Å². The van der Waals surface area contributed by atoms with E-state index < -0.39 is 30.0 Å². The molecule has 13 heteroatoms. The van der Waals surface area contributed by atoms with Crippen LogP contribution in [-0.4, -0.2) is 66.1 Å². The van der Waals surface area contributed by atoms with E-state index in [4.69, 9.17) is 16.3 Å². The maximum Gasteiger partial charge on any atom is 0.471 e. The zero-order valence-electron chi connectivity index (χ0n) is 23.0. The fourth-order valence-electron chi connectivity index (χ4n) is 5.12. The molecule has 0 bridgehead atoms. The second kappa shape index (κ2) is 12.9. The van der Waals surface area contributed by atoms with Crippen molar-refractivity contribution in [2.24, 2.45) is 0 Å². The molecule has 0 spiro atoms. The Bertz CT molecular complexity index is 1490. The summed E-state index contributed by atoms with van der Waals surface area (Å²) < 4.78 is 44.9. The number of anilines is 3. The zero-order chi connectivity index (χ0) is 30.6. The largest absolute Gasteiger partial charge is 0.489 e. The molecule has 5 rings (SSSR count). The Balaban J connectivity index is 1.34. The van der Waals surface area contributed by atoms with Gasteiger partial charge in [-0.1, -0.05) is 23.7 Å². The average Bonchev–Trinajstić information content (AvgIpc) is 3.53. The van der Waals surface area contributed by atoms with Gasteiger partial charge in [-0.3, -0.25) is 14.4 Å². The van der Waals surface area contributed by atoms with E-state index in [9.17, 15) is 27.6 Å². The molecule has 0 aliphatic carbocycles. The Labute approximate surface area is 251 Å². The summed E-state index contributed by atoms with van der Waals surface area (Å²) in [5.74, 6) is -2.33. The predicted molar refractivity (Wildman–Crippen MR) is 156 cm³/mol. The number of para-hydroxylation sites is 1. The number of nitrogens with zero attached hydrogens (tertiary/aromatic N) is 3. The lowest BCUT2D eigenvalue weighted by molar-refractivity contribution is -0.187. The lowest BCUT2D eigenvalue weighted by Gasteiger charge is -2.33. The minimum absolute atomic E-state index is 0.110. The standard InChI is InChI=1S/C30H29ClF3N5O4/c31-19-7-10-26(35-18-19)37-27(40)22-5-1-2-6-24(22)36-28(41)23-9-8-20(38-13-3-4-14-38)17-25(23)43-21-11-15-39(16-12-21)29(42)30(32,33)34/h1-2,5-10,17-18,21H,3-4,11-16H2,(H,36,41)(H,35,37,40). The molecule has 9 nitrogen and oxygen atoms in total. The summed E-state index contributed by atoms with van der Waals surface area (Å²) in [5.41, 5.74) is 1.52. The molecular formula is C30H29ClF3N5O4. The van der Waals surface area contributed by atoms with Crippen molar-refractivity contribution in [2.75, 3.05) is 41.7 Å². The molecule has 2 aliphatic rings. The number of alkyl halides is 3. The van der Waals surface area contributed by atoms with Crippen LogP contribution >= 0.6 is 11.6 Å². The molecule has 1 aromatic heterocycles. The third kappa shape index (κ3) is 7.37. The molecule has 3 aromatic rings. The van der Waals surface area contributed by atoms with Crippen LogP contribution in [0, 0.1) is 0 Å². The summed E-state index contributed by atoms with van der Waals surface area (Å²) >= 11 is 5.87. The number of hydrogen-bond acceptors (Lipinski definition) is 6. The third-order valence-electron chi connectivity index (χ3n) is 7.34. The third-order valence-corrected chi connectivity index (χ3v) is 7.56. The lowest BCUT2D eigenvalue weighted by Crippen LogP contribution is -2.47. The molecule has 0 atom stereocenters. The van der Waals surface area contributed by atoms with E-state index in [0.717, 1.165) is 36.5 Å². The van der Waals surface area contributed by atoms with Gasteiger partial charge in [-0.2, -0.15) is 13.2 Å². The number of ether oxygens (including phenoxy) is 1. The average molecular weight is 616 g/mol. The van der Waals surface area contributed by atoms with E-state index in [0.29, 0.717) is 5.02 Å². The Hall–Kier alpha value is -4.32. The number of hydrogen-bond donors (Lipinski definition) is 2. The topological polar surface area (TPSA) is 104 Å². The monoisotopic (exact) mass is 615 g/mol. The molecule has 43 heavy (non-hydrogen) atoms.